The third kappa shape index (κ3) is 1.58. The molecule has 4 nitrogen and oxygen atoms in total. The Bertz CT molecular complexity index is 475. The summed E-state index contributed by atoms with van der Waals surface area (Å²) in [6.07, 6.45) is 5.71. The van der Waals surface area contributed by atoms with Crippen molar-refractivity contribution in [2.75, 3.05) is 5.73 Å². The van der Waals surface area contributed by atoms with E-state index in [4.69, 9.17) is 10.2 Å². The Morgan fingerprint density at radius 2 is 2.20 bits per heavy atom. The molecule has 1 saturated carbocycles. The van der Waals surface area contributed by atoms with Gasteiger partial charge in [0, 0.05) is 17.2 Å². The molecule has 2 heterocycles. The van der Waals surface area contributed by atoms with E-state index in [9.17, 15) is 0 Å². The molecule has 15 heavy (non-hydrogen) atoms. The van der Waals surface area contributed by atoms with Crippen LogP contribution in [-0.2, 0) is 0 Å². The summed E-state index contributed by atoms with van der Waals surface area (Å²) < 4.78 is 5.02. The summed E-state index contributed by atoms with van der Waals surface area (Å²) in [5.74, 6) is 0.927. The molecule has 1 aliphatic rings. The zero-order valence-corrected chi connectivity index (χ0v) is 8.18. The van der Waals surface area contributed by atoms with Crippen LogP contribution in [0.5, 0.6) is 0 Å². The van der Waals surface area contributed by atoms with Crippen LogP contribution < -0.4 is 5.73 Å². The van der Waals surface area contributed by atoms with Crippen LogP contribution >= 0.6 is 0 Å². The van der Waals surface area contributed by atoms with Gasteiger partial charge in [0.1, 0.15) is 0 Å². The number of rotatable bonds is 2. The van der Waals surface area contributed by atoms with Gasteiger partial charge in [-0.15, -0.1) is 0 Å². The first-order valence-corrected chi connectivity index (χ1v) is 5.00. The Morgan fingerprint density at radius 3 is 2.87 bits per heavy atom. The van der Waals surface area contributed by atoms with Gasteiger partial charge in [-0.3, -0.25) is 0 Å². The molecule has 0 amide bonds. The van der Waals surface area contributed by atoms with E-state index >= 15 is 0 Å². The third-order valence-electron chi connectivity index (χ3n) is 2.58. The largest absolute Gasteiger partial charge is 0.472 e. The monoisotopic (exact) mass is 201 g/mol. The zero-order valence-electron chi connectivity index (χ0n) is 8.18. The van der Waals surface area contributed by atoms with Crippen molar-refractivity contribution in [3.63, 3.8) is 0 Å². The minimum absolute atomic E-state index is 0.343. The van der Waals surface area contributed by atoms with E-state index in [-0.39, 0.29) is 0 Å². The summed E-state index contributed by atoms with van der Waals surface area (Å²) in [6.45, 7) is 0. The lowest BCUT2D eigenvalue weighted by Gasteiger charge is -2.02. The van der Waals surface area contributed by atoms with Crippen LogP contribution in [0.1, 0.15) is 24.5 Å². The highest BCUT2D eigenvalue weighted by molar-refractivity contribution is 5.59. The maximum atomic E-state index is 5.68. The van der Waals surface area contributed by atoms with Crippen LogP contribution in [0.25, 0.3) is 11.3 Å². The minimum Gasteiger partial charge on any atom is -0.472 e. The van der Waals surface area contributed by atoms with E-state index in [1.807, 2.05) is 12.1 Å². The topological polar surface area (TPSA) is 64.9 Å². The normalized spacial score (nSPS) is 15.5. The van der Waals surface area contributed by atoms with Crippen molar-refractivity contribution < 1.29 is 4.42 Å². The Balaban J connectivity index is 2.07. The molecule has 4 heteroatoms. The van der Waals surface area contributed by atoms with Crippen molar-refractivity contribution in [1.29, 1.82) is 0 Å². The van der Waals surface area contributed by atoms with E-state index in [0.717, 1.165) is 17.0 Å². The number of furan rings is 1. The molecule has 1 fully saturated rings. The number of aromatic nitrogens is 2. The second-order valence-corrected chi connectivity index (χ2v) is 3.82. The summed E-state index contributed by atoms with van der Waals surface area (Å²) in [5, 5.41) is 0. The summed E-state index contributed by atoms with van der Waals surface area (Å²) >= 11 is 0. The van der Waals surface area contributed by atoms with Crippen LogP contribution in [0.15, 0.2) is 29.1 Å². The van der Waals surface area contributed by atoms with Gasteiger partial charge in [-0.2, -0.15) is 0 Å². The fourth-order valence-corrected chi connectivity index (χ4v) is 1.63. The first-order chi connectivity index (χ1) is 7.33. The summed E-state index contributed by atoms with van der Waals surface area (Å²) in [7, 11) is 0. The molecule has 2 aromatic rings. The SMILES string of the molecule is Nc1nc(-c2ccoc2)cc(C2CC2)n1. The van der Waals surface area contributed by atoms with Gasteiger partial charge in [0.15, 0.2) is 0 Å². The van der Waals surface area contributed by atoms with E-state index in [0.29, 0.717) is 11.9 Å². The Hall–Kier alpha value is -1.84. The molecule has 2 N–H and O–H groups in total. The van der Waals surface area contributed by atoms with Crippen molar-refractivity contribution in [2.24, 2.45) is 0 Å². The van der Waals surface area contributed by atoms with Crippen LogP contribution in [-0.4, -0.2) is 9.97 Å². The standard InChI is InChI=1S/C11H11N3O/c12-11-13-9(7-1-2-7)5-10(14-11)8-3-4-15-6-8/h3-7H,1-2H2,(H2,12,13,14). The number of anilines is 1. The highest BCUT2D eigenvalue weighted by Gasteiger charge is 2.26. The van der Waals surface area contributed by atoms with Gasteiger partial charge in [-0.25, -0.2) is 9.97 Å². The summed E-state index contributed by atoms with van der Waals surface area (Å²) in [6, 6.07) is 3.87. The molecule has 0 saturated heterocycles. The van der Waals surface area contributed by atoms with Gasteiger partial charge < -0.3 is 10.2 Å². The molecule has 0 aromatic carbocycles. The zero-order chi connectivity index (χ0) is 10.3. The van der Waals surface area contributed by atoms with E-state index in [1.165, 1.54) is 12.8 Å². The molecule has 3 rings (SSSR count). The van der Waals surface area contributed by atoms with Crippen molar-refractivity contribution in [2.45, 2.75) is 18.8 Å². The van der Waals surface area contributed by atoms with Crippen molar-refractivity contribution >= 4 is 5.95 Å². The fourth-order valence-electron chi connectivity index (χ4n) is 1.63. The summed E-state index contributed by atoms with van der Waals surface area (Å²) in [5.41, 5.74) is 8.53. The maximum Gasteiger partial charge on any atom is 0.220 e. The highest BCUT2D eigenvalue weighted by atomic mass is 16.3. The van der Waals surface area contributed by atoms with Gasteiger partial charge in [-0.05, 0) is 25.0 Å². The van der Waals surface area contributed by atoms with Crippen molar-refractivity contribution in [1.82, 2.24) is 9.97 Å². The Morgan fingerprint density at radius 1 is 1.33 bits per heavy atom. The average Bonchev–Trinajstić information content (AvgIpc) is 2.93. The van der Waals surface area contributed by atoms with Crippen molar-refractivity contribution in [3.8, 4) is 11.3 Å². The predicted octanol–water partition coefficient (Wildman–Crippen LogP) is 2.20. The number of hydrogen-bond donors (Lipinski definition) is 1. The lowest BCUT2D eigenvalue weighted by atomic mass is 10.2. The molecule has 1 aliphatic carbocycles. The van der Waals surface area contributed by atoms with Gasteiger partial charge in [0.2, 0.25) is 5.95 Å². The molecular weight excluding hydrogens is 190 g/mol. The quantitative estimate of drug-likeness (QED) is 0.808. The molecule has 0 bridgehead atoms. The highest BCUT2D eigenvalue weighted by Crippen LogP contribution is 2.40. The molecule has 0 atom stereocenters. The Kier molecular flexibility index (Phi) is 1.74. The lowest BCUT2D eigenvalue weighted by Crippen LogP contribution is -1.99. The van der Waals surface area contributed by atoms with E-state index in [1.54, 1.807) is 12.5 Å². The lowest BCUT2D eigenvalue weighted by molar-refractivity contribution is 0.568. The molecule has 0 aliphatic heterocycles. The fraction of sp³-hybridized carbons (Fsp3) is 0.273. The number of hydrogen-bond acceptors (Lipinski definition) is 4. The predicted molar refractivity (Wildman–Crippen MR) is 56.1 cm³/mol. The molecule has 2 aromatic heterocycles. The van der Waals surface area contributed by atoms with Gasteiger partial charge >= 0.3 is 0 Å². The Labute approximate surface area is 87.2 Å². The first-order valence-electron chi connectivity index (χ1n) is 5.00. The van der Waals surface area contributed by atoms with Crippen LogP contribution in [0.2, 0.25) is 0 Å². The molecule has 0 radical (unpaired) electrons. The van der Waals surface area contributed by atoms with E-state index < -0.39 is 0 Å². The second kappa shape index (κ2) is 3.08. The summed E-state index contributed by atoms with van der Waals surface area (Å²) in [4.78, 5) is 8.43. The van der Waals surface area contributed by atoms with Gasteiger partial charge in [0.25, 0.3) is 0 Å². The van der Waals surface area contributed by atoms with Crippen LogP contribution in [0.4, 0.5) is 5.95 Å². The average molecular weight is 201 g/mol. The first kappa shape index (κ1) is 8.47. The molecule has 0 spiro atoms. The van der Waals surface area contributed by atoms with Crippen LogP contribution in [0, 0.1) is 0 Å². The van der Waals surface area contributed by atoms with E-state index in [2.05, 4.69) is 9.97 Å². The number of nitrogens with zero attached hydrogens (tertiary/aromatic N) is 2. The van der Waals surface area contributed by atoms with Crippen LogP contribution in [0.3, 0.4) is 0 Å². The number of nitrogen functional groups attached to an aromatic ring is 1. The van der Waals surface area contributed by atoms with Crippen molar-refractivity contribution in [3.05, 3.63) is 30.4 Å². The smallest absolute Gasteiger partial charge is 0.220 e. The molecular formula is C11H11N3O. The third-order valence-corrected chi connectivity index (χ3v) is 2.58. The van der Waals surface area contributed by atoms with Gasteiger partial charge in [-0.1, -0.05) is 0 Å². The molecule has 76 valence electrons. The second-order valence-electron chi connectivity index (χ2n) is 3.82. The molecule has 0 unspecified atom stereocenters. The minimum atomic E-state index is 0.343. The van der Waals surface area contributed by atoms with Gasteiger partial charge in [0.05, 0.1) is 18.2 Å². The number of nitrogens with two attached hydrogens (primary N) is 1. The maximum absolute atomic E-state index is 5.68.